The normalized spacial score (nSPS) is 25.1. The number of alkyl halides is 3. The van der Waals surface area contributed by atoms with Crippen molar-refractivity contribution in [3.05, 3.63) is 18.0 Å². The highest BCUT2D eigenvalue weighted by atomic mass is 19.4. The van der Waals surface area contributed by atoms with Crippen molar-refractivity contribution in [3.8, 4) is 0 Å². The third-order valence-corrected chi connectivity index (χ3v) is 3.63. The van der Waals surface area contributed by atoms with Crippen molar-refractivity contribution in [2.75, 3.05) is 0 Å². The maximum atomic E-state index is 12.5. The van der Waals surface area contributed by atoms with Gasteiger partial charge in [0.1, 0.15) is 5.69 Å². The van der Waals surface area contributed by atoms with Gasteiger partial charge in [-0.15, -0.1) is 0 Å². The zero-order chi connectivity index (χ0) is 13.3. The van der Waals surface area contributed by atoms with Gasteiger partial charge in [-0.05, 0) is 31.7 Å². The number of nitrogens with zero attached hydrogens (tertiary/aromatic N) is 2. The van der Waals surface area contributed by atoms with Crippen LogP contribution in [0.1, 0.15) is 36.2 Å². The standard InChI is InChI=1S/C12H15F3N2O/c1-17-10(6-7-16-17)11(18)8-2-4-9(5-3-8)12(13,14)15/h6-9H,2-5H2,1H3. The van der Waals surface area contributed by atoms with E-state index in [1.54, 1.807) is 13.1 Å². The first-order valence-electron chi connectivity index (χ1n) is 5.98. The highest BCUT2D eigenvalue weighted by molar-refractivity contribution is 5.96. The van der Waals surface area contributed by atoms with Gasteiger partial charge < -0.3 is 0 Å². The summed E-state index contributed by atoms with van der Waals surface area (Å²) >= 11 is 0. The lowest BCUT2D eigenvalue weighted by Gasteiger charge is -2.28. The number of hydrogen-bond donors (Lipinski definition) is 0. The summed E-state index contributed by atoms with van der Waals surface area (Å²) in [6.45, 7) is 0. The number of Topliss-reactive ketones (excluding diaryl/α,β-unsaturated/α-hetero) is 1. The van der Waals surface area contributed by atoms with Gasteiger partial charge in [0.25, 0.3) is 0 Å². The van der Waals surface area contributed by atoms with Crippen molar-refractivity contribution in [1.82, 2.24) is 9.78 Å². The number of ketones is 1. The molecule has 3 nitrogen and oxygen atoms in total. The van der Waals surface area contributed by atoms with Crippen LogP contribution in [0.25, 0.3) is 0 Å². The summed E-state index contributed by atoms with van der Waals surface area (Å²) in [5.41, 5.74) is 0.477. The summed E-state index contributed by atoms with van der Waals surface area (Å²) in [6.07, 6.45) is -1.87. The van der Waals surface area contributed by atoms with Gasteiger partial charge in [-0.3, -0.25) is 9.48 Å². The molecule has 2 rings (SSSR count). The van der Waals surface area contributed by atoms with Crippen LogP contribution in [0.3, 0.4) is 0 Å². The van der Waals surface area contributed by atoms with Gasteiger partial charge in [0, 0.05) is 19.2 Å². The van der Waals surface area contributed by atoms with E-state index in [2.05, 4.69) is 5.10 Å². The molecular formula is C12H15F3N2O. The van der Waals surface area contributed by atoms with E-state index in [4.69, 9.17) is 0 Å². The highest BCUT2D eigenvalue weighted by Gasteiger charge is 2.42. The Bertz CT molecular complexity index is 431. The molecule has 0 atom stereocenters. The summed E-state index contributed by atoms with van der Waals surface area (Å²) in [6, 6.07) is 1.61. The fourth-order valence-electron chi connectivity index (χ4n) is 2.51. The largest absolute Gasteiger partial charge is 0.391 e. The minimum absolute atomic E-state index is 0.0533. The van der Waals surface area contributed by atoms with Gasteiger partial charge in [-0.25, -0.2) is 0 Å². The first-order valence-corrected chi connectivity index (χ1v) is 5.98. The zero-order valence-electron chi connectivity index (χ0n) is 10.1. The Kier molecular flexibility index (Phi) is 3.45. The molecule has 0 spiro atoms. The van der Waals surface area contributed by atoms with E-state index in [9.17, 15) is 18.0 Å². The molecule has 100 valence electrons. The van der Waals surface area contributed by atoms with E-state index in [0.29, 0.717) is 18.5 Å². The highest BCUT2D eigenvalue weighted by Crippen LogP contribution is 2.40. The van der Waals surface area contributed by atoms with Gasteiger partial charge in [-0.2, -0.15) is 18.3 Å². The lowest BCUT2D eigenvalue weighted by Crippen LogP contribution is -2.30. The number of aromatic nitrogens is 2. The Labute approximate surface area is 103 Å². The number of halogens is 3. The fourth-order valence-corrected chi connectivity index (χ4v) is 2.51. The number of carbonyl (C=O) groups excluding carboxylic acids is 1. The molecule has 1 saturated carbocycles. The Morgan fingerprint density at radius 3 is 2.39 bits per heavy atom. The van der Waals surface area contributed by atoms with Gasteiger partial charge in [0.05, 0.1) is 5.92 Å². The first-order chi connectivity index (χ1) is 8.39. The van der Waals surface area contributed by atoms with E-state index < -0.39 is 12.1 Å². The van der Waals surface area contributed by atoms with Crippen LogP contribution in [0.15, 0.2) is 12.3 Å². The van der Waals surface area contributed by atoms with Gasteiger partial charge in [0.15, 0.2) is 5.78 Å². The molecule has 6 heteroatoms. The number of rotatable bonds is 2. The number of hydrogen-bond acceptors (Lipinski definition) is 2. The van der Waals surface area contributed by atoms with E-state index >= 15 is 0 Å². The lowest BCUT2D eigenvalue weighted by atomic mass is 9.79. The van der Waals surface area contributed by atoms with Crippen molar-refractivity contribution >= 4 is 5.78 Å². The fraction of sp³-hybridized carbons (Fsp3) is 0.667. The molecule has 0 bridgehead atoms. The molecule has 0 amide bonds. The molecule has 18 heavy (non-hydrogen) atoms. The van der Waals surface area contributed by atoms with Crippen molar-refractivity contribution in [2.45, 2.75) is 31.9 Å². The van der Waals surface area contributed by atoms with Crippen molar-refractivity contribution < 1.29 is 18.0 Å². The van der Waals surface area contributed by atoms with Crippen LogP contribution in [0, 0.1) is 11.8 Å². The Morgan fingerprint density at radius 1 is 1.33 bits per heavy atom. The lowest BCUT2D eigenvalue weighted by molar-refractivity contribution is -0.183. The van der Waals surface area contributed by atoms with Crippen LogP contribution in [-0.4, -0.2) is 21.7 Å². The second-order valence-electron chi connectivity index (χ2n) is 4.79. The number of aryl methyl sites for hydroxylation is 1. The summed E-state index contributed by atoms with van der Waals surface area (Å²) in [4.78, 5) is 12.1. The molecule has 1 aliphatic rings. The average molecular weight is 260 g/mol. The Balaban J connectivity index is 1.99. The van der Waals surface area contributed by atoms with Gasteiger partial charge in [-0.1, -0.05) is 0 Å². The SMILES string of the molecule is Cn1nccc1C(=O)C1CCC(C(F)(F)F)CC1. The molecule has 0 aromatic carbocycles. The van der Waals surface area contributed by atoms with Crippen LogP contribution in [-0.2, 0) is 7.05 Å². The van der Waals surface area contributed by atoms with E-state index in [1.165, 1.54) is 10.9 Å². The average Bonchev–Trinajstić information content (AvgIpc) is 2.73. The maximum absolute atomic E-state index is 12.5. The first kappa shape index (κ1) is 13.1. The molecule has 1 fully saturated rings. The Morgan fingerprint density at radius 2 is 1.94 bits per heavy atom. The Hall–Kier alpha value is -1.33. The molecule has 0 N–H and O–H groups in total. The second kappa shape index (κ2) is 4.74. The molecule has 1 aromatic heterocycles. The van der Waals surface area contributed by atoms with Crippen LogP contribution in [0.5, 0.6) is 0 Å². The van der Waals surface area contributed by atoms with Gasteiger partial charge in [0.2, 0.25) is 0 Å². The minimum Gasteiger partial charge on any atom is -0.292 e. The van der Waals surface area contributed by atoms with Crippen LogP contribution >= 0.6 is 0 Å². The third-order valence-electron chi connectivity index (χ3n) is 3.63. The molecule has 1 aromatic rings. The molecule has 0 unspecified atom stereocenters. The minimum atomic E-state index is -4.12. The topological polar surface area (TPSA) is 34.9 Å². The van der Waals surface area contributed by atoms with Gasteiger partial charge >= 0.3 is 6.18 Å². The summed E-state index contributed by atoms with van der Waals surface area (Å²) in [5, 5.41) is 3.90. The van der Waals surface area contributed by atoms with E-state index in [-0.39, 0.29) is 24.5 Å². The molecule has 0 radical (unpaired) electrons. The predicted molar refractivity (Wildman–Crippen MR) is 59.0 cm³/mol. The summed E-state index contributed by atoms with van der Waals surface area (Å²) < 4.78 is 39.0. The molecule has 0 saturated heterocycles. The number of carbonyl (C=O) groups is 1. The zero-order valence-corrected chi connectivity index (χ0v) is 10.1. The molecule has 1 aliphatic carbocycles. The monoisotopic (exact) mass is 260 g/mol. The summed E-state index contributed by atoms with van der Waals surface area (Å²) in [5.74, 6) is -1.62. The molecular weight excluding hydrogens is 245 g/mol. The van der Waals surface area contributed by atoms with E-state index in [0.717, 1.165) is 0 Å². The predicted octanol–water partition coefficient (Wildman–Crippen LogP) is 2.97. The van der Waals surface area contributed by atoms with Crippen molar-refractivity contribution in [2.24, 2.45) is 18.9 Å². The second-order valence-corrected chi connectivity index (χ2v) is 4.79. The maximum Gasteiger partial charge on any atom is 0.391 e. The van der Waals surface area contributed by atoms with Crippen LogP contribution < -0.4 is 0 Å². The smallest absolute Gasteiger partial charge is 0.292 e. The molecule has 1 heterocycles. The third kappa shape index (κ3) is 2.57. The van der Waals surface area contributed by atoms with Crippen LogP contribution in [0.2, 0.25) is 0 Å². The quantitative estimate of drug-likeness (QED) is 0.766. The van der Waals surface area contributed by atoms with Crippen molar-refractivity contribution in [3.63, 3.8) is 0 Å². The van der Waals surface area contributed by atoms with Crippen LogP contribution in [0.4, 0.5) is 13.2 Å². The van der Waals surface area contributed by atoms with Crippen molar-refractivity contribution in [1.29, 1.82) is 0 Å². The molecule has 0 aliphatic heterocycles. The van der Waals surface area contributed by atoms with E-state index in [1.807, 2.05) is 0 Å². The summed E-state index contributed by atoms with van der Waals surface area (Å²) in [7, 11) is 1.66.